The molecule has 0 atom stereocenters. The van der Waals surface area contributed by atoms with Gasteiger partial charge in [-0.2, -0.15) is 0 Å². The molecule has 1 amide bonds. The number of carbonyl (C=O) groups is 1. The quantitative estimate of drug-likeness (QED) is 0.553. The summed E-state index contributed by atoms with van der Waals surface area (Å²) >= 11 is 7.74. The monoisotopic (exact) mass is 527 g/mol. The van der Waals surface area contributed by atoms with Crippen molar-refractivity contribution in [2.75, 3.05) is 5.32 Å². The minimum atomic E-state index is -0.0928. The molecule has 0 heterocycles. The minimum Gasteiger partial charge on any atom is -0.321 e. The Balaban J connectivity index is 2.28. The zero-order valence-electron chi connectivity index (χ0n) is 9.08. The Morgan fingerprint density at radius 1 is 1.06 bits per heavy atom. The largest absolute Gasteiger partial charge is 0.321 e. The molecule has 2 nitrogen and oxygen atoms in total. The Hall–Kier alpha value is -0.150. The van der Waals surface area contributed by atoms with Crippen LogP contribution < -0.4 is 5.32 Å². The summed E-state index contributed by atoms with van der Waals surface area (Å²) in [6.07, 6.45) is 0. The van der Waals surface area contributed by atoms with Crippen LogP contribution in [0, 0.1) is 7.14 Å². The van der Waals surface area contributed by atoms with Crippen LogP contribution in [0.25, 0.3) is 0 Å². The molecule has 0 aromatic heterocycles. The Bertz CT molecular complexity index is 601. The van der Waals surface area contributed by atoms with Crippen LogP contribution in [0.15, 0.2) is 46.9 Å². The Kier molecular flexibility index (Phi) is 5.02. The molecule has 0 bridgehead atoms. The van der Waals surface area contributed by atoms with E-state index >= 15 is 0 Å². The molecule has 0 spiro atoms. The molecule has 0 saturated heterocycles. The zero-order valence-corrected chi connectivity index (χ0v) is 15.0. The van der Waals surface area contributed by atoms with Crippen LogP contribution in [0.2, 0.25) is 0 Å². The summed E-state index contributed by atoms with van der Waals surface area (Å²) in [6.45, 7) is 0. The van der Waals surface area contributed by atoms with Gasteiger partial charge in [0.2, 0.25) is 0 Å². The fourth-order valence-corrected chi connectivity index (χ4v) is 2.89. The number of nitrogens with one attached hydrogen (secondary N) is 1. The highest BCUT2D eigenvalue weighted by Crippen LogP contribution is 2.22. The van der Waals surface area contributed by atoms with E-state index in [4.69, 9.17) is 0 Å². The number of benzene rings is 2. The number of rotatable bonds is 2. The van der Waals surface area contributed by atoms with Gasteiger partial charge in [0.1, 0.15) is 0 Å². The van der Waals surface area contributed by atoms with Crippen molar-refractivity contribution in [2.24, 2.45) is 0 Å². The summed E-state index contributed by atoms with van der Waals surface area (Å²) < 4.78 is 2.85. The lowest BCUT2D eigenvalue weighted by Gasteiger charge is -2.08. The fourth-order valence-electron chi connectivity index (χ4n) is 1.42. The van der Waals surface area contributed by atoms with Crippen LogP contribution >= 0.6 is 61.1 Å². The van der Waals surface area contributed by atoms with Crippen molar-refractivity contribution in [3.05, 3.63) is 59.6 Å². The van der Waals surface area contributed by atoms with E-state index in [1.165, 1.54) is 0 Å². The summed E-state index contributed by atoms with van der Waals surface area (Å²) in [5.41, 5.74) is 1.50. The lowest BCUT2D eigenvalue weighted by molar-refractivity contribution is 0.102. The van der Waals surface area contributed by atoms with E-state index in [1.807, 2.05) is 42.5 Å². The second kappa shape index (κ2) is 6.33. The number of carbonyl (C=O) groups excluding carboxylic acids is 1. The van der Waals surface area contributed by atoms with E-state index in [1.54, 1.807) is 0 Å². The van der Waals surface area contributed by atoms with Gasteiger partial charge in [0.25, 0.3) is 5.91 Å². The molecule has 0 aliphatic rings. The average molecular weight is 528 g/mol. The lowest BCUT2D eigenvalue weighted by Crippen LogP contribution is -2.14. The molecule has 0 aliphatic heterocycles. The predicted octanol–water partition coefficient (Wildman–Crippen LogP) is 4.91. The molecule has 0 fully saturated rings. The molecule has 0 unspecified atom stereocenters. The van der Waals surface area contributed by atoms with Crippen LogP contribution in [0.3, 0.4) is 0 Å². The van der Waals surface area contributed by atoms with Gasteiger partial charge in [-0.3, -0.25) is 4.79 Å². The number of amides is 1. The maximum Gasteiger partial charge on any atom is 0.256 e. The maximum atomic E-state index is 12.2. The van der Waals surface area contributed by atoms with Crippen LogP contribution in [0.1, 0.15) is 10.4 Å². The number of hydrogen-bond donors (Lipinski definition) is 1. The first-order chi connectivity index (χ1) is 8.58. The summed E-state index contributed by atoms with van der Waals surface area (Å²) in [4.78, 5) is 12.2. The average Bonchev–Trinajstić information content (AvgIpc) is 2.35. The van der Waals surface area contributed by atoms with Crippen molar-refractivity contribution in [1.29, 1.82) is 0 Å². The predicted molar refractivity (Wildman–Crippen MR) is 94.0 cm³/mol. The van der Waals surface area contributed by atoms with Crippen LogP contribution in [0.4, 0.5) is 5.69 Å². The third-order valence-corrected chi connectivity index (χ3v) is 4.67. The number of halogens is 3. The van der Waals surface area contributed by atoms with E-state index in [9.17, 15) is 4.79 Å². The van der Waals surface area contributed by atoms with E-state index in [-0.39, 0.29) is 5.91 Å². The molecular formula is C13H8BrI2NO. The second-order valence-electron chi connectivity index (χ2n) is 3.56. The van der Waals surface area contributed by atoms with Crippen molar-refractivity contribution in [3.63, 3.8) is 0 Å². The molecule has 2 rings (SSSR count). The summed E-state index contributed by atoms with van der Waals surface area (Å²) in [5.74, 6) is -0.0928. The van der Waals surface area contributed by atoms with Crippen LogP contribution in [0.5, 0.6) is 0 Å². The van der Waals surface area contributed by atoms with Gasteiger partial charge < -0.3 is 5.32 Å². The molecule has 0 aliphatic carbocycles. The number of para-hydroxylation sites is 1. The first-order valence-electron chi connectivity index (χ1n) is 5.09. The second-order valence-corrected chi connectivity index (χ2v) is 6.80. The zero-order chi connectivity index (χ0) is 13.1. The van der Waals surface area contributed by atoms with Crippen LogP contribution in [-0.4, -0.2) is 5.91 Å². The molecule has 92 valence electrons. The van der Waals surface area contributed by atoms with Gasteiger partial charge in [0, 0.05) is 11.6 Å². The van der Waals surface area contributed by atoms with Crippen molar-refractivity contribution < 1.29 is 4.79 Å². The first-order valence-corrected chi connectivity index (χ1v) is 8.04. The normalized spacial score (nSPS) is 10.2. The highest BCUT2D eigenvalue weighted by molar-refractivity contribution is 14.1. The minimum absolute atomic E-state index is 0.0928. The highest BCUT2D eigenvalue weighted by Gasteiger charge is 2.11. The summed E-state index contributed by atoms with van der Waals surface area (Å²) in [5, 5.41) is 2.92. The Morgan fingerprint density at radius 3 is 2.50 bits per heavy atom. The smallest absolute Gasteiger partial charge is 0.256 e. The van der Waals surface area contributed by atoms with Gasteiger partial charge in [-0.25, -0.2) is 0 Å². The van der Waals surface area contributed by atoms with Gasteiger partial charge in [-0.15, -0.1) is 0 Å². The van der Waals surface area contributed by atoms with E-state index in [2.05, 4.69) is 66.4 Å². The Labute approximate surface area is 141 Å². The fraction of sp³-hybridized carbons (Fsp3) is 0. The first kappa shape index (κ1) is 14.3. The maximum absolute atomic E-state index is 12.2. The van der Waals surface area contributed by atoms with Gasteiger partial charge in [0.05, 0.1) is 11.3 Å². The highest BCUT2D eigenvalue weighted by atomic mass is 127. The topological polar surface area (TPSA) is 29.1 Å². The van der Waals surface area contributed by atoms with Crippen molar-refractivity contribution in [2.45, 2.75) is 0 Å². The van der Waals surface area contributed by atoms with Gasteiger partial charge in [-0.05, 0) is 75.5 Å². The van der Waals surface area contributed by atoms with Gasteiger partial charge in [-0.1, -0.05) is 28.1 Å². The van der Waals surface area contributed by atoms with E-state index in [0.29, 0.717) is 5.56 Å². The molecule has 0 radical (unpaired) electrons. The molecular weight excluding hydrogens is 520 g/mol. The molecule has 5 heteroatoms. The number of anilines is 1. The lowest BCUT2D eigenvalue weighted by atomic mass is 10.2. The molecule has 1 N–H and O–H groups in total. The van der Waals surface area contributed by atoms with Crippen molar-refractivity contribution in [3.8, 4) is 0 Å². The van der Waals surface area contributed by atoms with Crippen molar-refractivity contribution >= 4 is 72.7 Å². The molecule has 2 aromatic rings. The number of hydrogen-bond acceptors (Lipinski definition) is 1. The SMILES string of the molecule is O=C(Nc1ccccc1I)c1cc(Br)ccc1I. The van der Waals surface area contributed by atoms with Gasteiger partial charge >= 0.3 is 0 Å². The van der Waals surface area contributed by atoms with E-state index < -0.39 is 0 Å². The molecule has 0 saturated carbocycles. The summed E-state index contributed by atoms with van der Waals surface area (Å²) in [6, 6.07) is 13.4. The standard InChI is InChI=1S/C13H8BrI2NO/c14-8-5-6-10(15)9(7-8)13(18)17-12-4-2-1-3-11(12)16/h1-7H,(H,17,18). The molecule has 18 heavy (non-hydrogen) atoms. The third kappa shape index (κ3) is 3.45. The molecule has 2 aromatic carbocycles. The van der Waals surface area contributed by atoms with Crippen LogP contribution in [-0.2, 0) is 0 Å². The van der Waals surface area contributed by atoms with E-state index in [0.717, 1.165) is 17.3 Å². The summed E-state index contributed by atoms with van der Waals surface area (Å²) in [7, 11) is 0. The third-order valence-electron chi connectivity index (χ3n) is 2.30. The Morgan fingerprint density at radius 2 is 1.78 bits per heavy atom. The van der Waals surface area contributed by atoms with Gasteiger partial charge in [0.15, 0.2) is 0 Å². The van der Waals surface area contributed by atoms with Crippen molar-refractivity contribution in [1.82, 2.24) is 0 Å².